The molecule has 1 atom stereocenters. The number of aromatic amines is 1. The molecule has 3 N–H and O–H groups in total. The molecule has 1 saturated carbocycles. The summed E-state index contributed by atoms with van der Waals surface area (Å²) >= 11 is 0. The molecule has 1 aromatic heterocycles. The van der Waals surface area contributed by atoms with Gasteiger partial charge in [-0.3, -0.25) is 9.59 Å². The van der Waals surface area contributed by atoms with E-state index in [1.807, 2.05) is 18.2 Å². The van der Waals surface area contributed by atoms with Gasteiger partial charge in [-0.1, -0.05) is 43.9 Å². The van der Waals surface area contributed by atoms with Crippen molar-refractivity contribution in [2.75, 3.05) is 26.3 Å². The number of aryl methyl sites for hydroxylation is 1. The summed E-state index contributed by atoms with van der Waals surface area (Å²) in [6.07, 6.45) is 9.70. The molecule has 0 aliphatic heterocycles. The Morgan fingerprint density at radius 1 is 1.00 bits per heavy atom. The fraction of sp³-hybridized carbons (Fsp3) is 0.529. The Labute approximate surface area is 260 Å². The molecule has 1 heterocycles. The molecule has 2 aromatic carbocycles. The Hall–Kier alpha value is -3.05. The molecule has 0 unspecified atom stereocenters. The largest absolute Gasteiger partial charge is 0.424 e. The van der Waals surface area contributed by atoms with Crippen LogP contribution in [0.5, 0.6) is 5.75 Å². The number of H-pyrrole nitrogens is 1. The summed E-state index contributed by atoms with van der Waals surface area (Å²) in [4.78, 5) is 26.4. The first-order chi connectivity index (χ1) is 21.3. The van der Waals surface area contributed by atoms with Crippen LogP contribution < -0.4 is 15.6 Å². The SMILES string of the molecule is CC(=O)Oc1ccc([C@@H](O)CNCCCCCCOCCCCc2cccc(S(=O)(=O)C3CCCC3)c2)c2ccc(=O)[nH]c12. The minimum atomic E-state index is -3.21. The van der Waals surface area contributed by atoms with Crippen molar-refractivity contribution in [3.05, 3.63) is 70.0 Å². The van der Waals surface area contributed by atoms with Gasteiger partial charge in [-0.15, -0.1) is 0 Å². The normalized spacial score (nSPS) is 14.7. The van der Waals surface area contributed by atoms with Gasteiger partial charge in [0, 0.05) is 38.1 Å². The van der Waals surface area contributed by atoms with Crippen molar-refractivity contribution in [2.24, 2.45) is 0 Å². The summed E-state index contributed by atoms with van der Waals surface area (Å²) in [6, 6.07) is 13.8. The molecule has 10 heteroatoms. The van der Waals surface area contributed by atoms with Crippen LogP contribution in [0, 0.1) is 0 Å². The monoisotopic (exact) mass is 626 g/mol. The summed E-state index contributed by atoms with van der Waals surface area (Å²) < 4.78 is 36.7. The third kappa shape index (κ3) is 9.72. The fourth-order valence-corrected chi connectivity index (χ4v) is 7.76. The van der Waals surface area contributed by atoms with Gasteiger partial charge in [0.25, 0.3) is 0 Å². The first-order valence-corrected chi connectivity index (χ1v) is 17.4. The number of aliphatic hydroxyl groups excluding tert-OH is 1. The predicted octanol–water partition coefficient (Wildman–Crippen LogP) is 5.39. The number of ether oxygens (including phenoxy) is 2. The highest BCUT2D eigenvalue weighted by molar-refractivity contribution is 7.92. The lowest BCUT2D eigenvalue weighted by atomic mass is 10.0. The topological polar surface area (TPSA) is 135 Å². The number of hydrogen-bond acceptors (Lipinski definition) is 8. The van der Waals surface area contributed by atoms with Crippen molar-refractivity contribution in [1.29, 1.82) is 0 Å². The molecular weight excluding hydrogens is 580 g/mol. The van der Waals surface area contributed by atoms with E-state index in [9.17, 15) is 23.1 Å². The van der Waals surface area contributed by atoms with E-state index in [0.717, 1.165) is 89.3 Å². The number of rotatable bonds is 18. The van der Waals surface area contributed by atoms with Gasteiger partial charge in [-0.05, 0) is 86.9 Å². The highest BCUT2D eigenvalue weighted by Crippen LogP contribution is 2.31. The standard InChI is InChI=1S/C34H46N2O7S/c1-25(37)43-32-18-16-29(30-17-19-33(39)36-34(30)32)31(38)24-35-20-7-2-3-8-21-42-22-9-6-11-26-12-10-15-28(23-26)44(40,41)27-13-4-5-14-27/h10,12,15-19,23,27,31,35,38H,2-9,11,13-14,20-22,24H2,1H3,(H,36,39)/t31-/m0/s1. The average Bonchev–Trinajstić information content (AvgIpc) is 3.56. The van der Waals surface area contributed by atoms with Crippen LogP contribution in [-0.4, -0.2) is 56.0 Å². The second-order valence-corrected chi connectivity index (χ2v) is 13.9. The van der Waals surface area contributed by atoms with Crippen molar-refractivity contribution in [3.8, 4) is 5.75 Å². The van der Waals surface area contributed by atoms with Gasteiger partial charge in [0.2, 0.25) is 5.56 Å². The van der Waals surface area contributed by atoms with E-state index in [0.29, 0.717) is 34.5 Å². The third-order valence-corrected chi connectivity index (χ3v) is 10.5. The Bertz CT molecular complexity index is 1530. The Balaban J connectivity index is 1.04. The number of esters is 1. The van der Waals surface area contributed by atoms with Gasteiger partial charge in [0.05, 0.1) is 21.8 Å². The molecule has 1 aliphatic rings. The Morgan fingerprint density at radius 2 is 1.75 bits per heavy atom. The molecule has 0 spiro atoms. The van der Waals surface area contributed by atoms with Gasteiger partial charge in [0.1, 0.15) is 0 Å². The number of carbonyl (C=O) groups excluding carboxylic acids is 1. The molecule has 0 amide bonds. The van der Waals surface area contributed by atoms with E-state index in [1.54, 1.807) is 24.3 Å². The Kier molecular flexibility index (Phi) is 13.0. The van der Waals surface area contributed by atoms with Gasteiger partial charge < -0.3 is 24.9 Å². The highest BCUT2D eigenvalue weighted by Gasteiger charge is 2.30. The fourth-order valence-electron chi connectivity index (χ4n) is 5.84. The van der Waals surface area contributed by atoms with Crippen molar-refractivity contribution in [2.45, 2.75) is 93.8 Å². The molecule has 0 saturated heterocycles. The molecule has 1 fully saturated rings. The zero-order valence-electron chi connectivity index (χ0n) is 25.7. The summed E-state index contributed by atoms with van der Waals surface area (Å²) in [5.41, 5.74) is 1.81. The lowest BCUT2D eigenvalue weighted by Gasteiger charge is -2.16. The van der Waals surface area contributed by atoms with Gasteiger partial charge >= 0.3 is 5.97 Å². The smallest absolute Gasteiger partial charge is 0.308 e. The maximum Gasteiger partial charge on any atom is 0.308 e. The number of benzene rings is 2. The molecule has 1 aliphatic carbocycles. The summed E-state index contributed by atoms with van der Waals surface area (Å²) in [5, 5.41) is 14.5. The predicted molar refractivity (Wildman–Crippen MR) is 172 cm³/mol. The second-order valence-electron chi connectivity index (χ2n) is 11.7. The lowest BCUT2D eigenvalue weighted by Crippen LogP contribution is -2.23. The van der Waals surface area contributed by atoms with E-state index in [4.69, 9.17) is 9.47 Å². The van der Waals surface area contributed by atoms with Crippen LogP contribution in [0.25, 0.3) is 10.9 Å². The maximum absolute atomic E-state index is 12.9. The molecule has 3 aromatic rings. The van der Waals surface area contributed by atoms with Crippen LogP contribution in [0.4, 0.5) is 0 Å². The molecule has 44 heavy (non-hydrogen) atoms. The van der Waals surface area contributed by atoms with Crippen molar-refractivity contribution >= 4 is 26.7 Å². The van der Waals surface area contributed by atoms with E-state index < -0.39 is 21.9 Å². The van der Waals surface area contributed by atoms with Gasteiger partial charge in [-0.2, -0.15) is 0 Å². The highest BCUT2D eigenvalue weighted by atomic mass is 32.2. The Morgan fingerprint density at radius 3 is 2.52 bits per heavy atom. The van der Waals surface area contributed by atoms with Gasteiger partial charge in [-0.25, -0.2) is 8.42 Å². The first-order valence-electron chi connectivity index (χ1n) is 15.9. The molecule has 9 nitrogen and oxygen atoms in total. The van der Waals surface area contributed by atoms with Crippen molar-refractivity contribution in [3.63, 3.8) is 0 Å². The van der Waals surface area contributed by atoms with Crippen LogP contribution >= 0.6 is 0 Å². The lowest BCUT2D eigenvalue weighted by molar-refractivity contribution is -0.131. The zero-order chi connectivity index (χ0) is 31.4. The number of sulfone groups is 1. The number of carbonyl (C=O) groups is 1. The number of pyridine rings is 1. The molecular formula is C34H46N2O7S. The summed E-state index contributed by atoms with van der Waals surface area (Å²) in [5.74, 6) is -0.227. The number of aliphatic hydroxyl groups is 1. The van der Waals surface area contributed by atoms with E-state index in [1.165, 1.54) is 13.0 Å². The van der Waals surface area contributed by atoms with E-state index in [-0.39, 0.29) is 16.6 Å². The van der Waals surface area contributed by atoms with Crippen LogP contribution in [0.15, 0.2) is 58.2 Å². The van der Waals surface area contributed by atoms with E-state index >= 15 is 0 Å². The van der Waals surface area contributed by atoms with Crippen LogP contribution in [0.1, 0.15) is 88.4 Å². The van der Waals surface area contributed by atoms with Crippen molar-refractivity contribution in [1.82, 2.24) is 10.3 Å². The number of hydrogen-bond donors (Lipinski definition) is 3. The van der Waals surface area contributed by atoms with E-state index in [2.05, 4.69) is 10.3 Å². The average molecular weight is 627 g/mol. The maximum atomic E-state index is 12.9. The van der Waals surface area contributed by atoms with Crippen LogP contribution in [0.2, 0.25) is 0 Å². The van der Waals surface area contributed by atoms with Gasteiger partial charge in [0.15, 0.2) is 15.6 Å². The zero-order valence-corrected chi connectivity index (χ0v) is 26.5. The summed E-state index contributed by atoms with van der Waals surface area (Å²) in [6.45, 7) is 3.89. The molecule has 4 rings (SSSR count). The minimum Gasteiger partial charge on any atom is -0.424 e. The quantitative estimate of drug-likeness (QED) is 0.0972. The number of nitrogens with one attached hydrogen (secondary N) is 2. The number of fused-ring (bicyclic) bond motifs is 1. The molecule has 0 radical (unpaired) electrons. The number of unbranched alkanes of at least 4 members (excludes halogenated alkanes) is 4. The number of aromatic nitrogens is 1. The summed E-state index contributed by atoms with van der Waals surface area (Å²) in [7, 11) is -3.21. The second kappa shape index (κ2) is 16.9. The third-order valence-electron chi connectivity index (χ3n) is 8.21. The molecule has 240 valence electrons. The minimum absolute atomic E-state index is 0.211. The van der Waals surface area contributed by atoms with Crippen LogP contribution in [-0.2, 0) is 25.8 Å². The first kappa shape index (κ1) is 33.8. The van der Waals surface area contributed by atoms with Crippen molar-refractivity contribution < 1.29 is 27.8 Å². The molecule has 0 bridgehead atoms. The van der Waals surface area contributed by atoms with Crippen LogP contribution in [0.3, 0.4) is 0 Å².